The van der Waals surface area contributed by atoms with Crippen LogP contribution in [0.25, 0.3) is 11.1 Å². The molecule has 2 aromatic rings. The number of carbonyl (C=O) groups excluding carboxylic acids is 1. The maximum atomic E-state index is 12.8. The van der Waals surface area contributed by atoms with Gasteiger partial charge in [0.2, 0.25) is 0 Å². The summed E-state index contributed by atoms with van der Waals surface area (Å²) in [6, 6.07) is 16.6. The second kappa shape index (κ2) is 7.81. The molecule has 1 aliphatic heterocycles. The number of rotatable bonds is 3. The molecule has 2 aromatic carbocycles. The van der Waals surface area contributed by atoms with Gasteiger partial charge in [0.25, 0.3) is 0 Å². The number of hydrogen-bond acceptors (Lipinski definition) is 4. The van der Waals surface area contributed by atoms with Gasteiger partial charge >= 0.3 is 6.09 Å². The lowest BCUT2D eigenvalue weighted by Crippen LogP contribution is -2.51. The molecular formula is C24H29NO4. The number of likely N-dealkylation sites (tertiary alicyclic amines) is 1. The fourth-order valence-corrected chi connectivity index (χ4v) is 4.45. The van der Waals surface area contributed by atoms with Crippen LogP contribution in [0.1, 0.15) is 44.2 Å². The third-order valence-corrected chi connectivity index (χ3v) is 5.50. The standard InChI is InChI=1S/C24H29NO4/c1-24(2,3)29-17-12-16(26)13-25(14-17)23(27)28-15-22-20-10-6-4-8-18(20)19-9-5-7-11-21(19)22/h4-11,16-17,22,26H,12-15H2,1-3H3/t16-,17+/m0/s1. The Kier molecular flexibility index (Phi) is 5.36. The molecular weight excluding hydrogens is 366 g/mol. The van der Waals surface area contributed by atoms with Crippen LogP contribution < -0.4 is 0 Å². The summed E-state index contributed by atoms with van der Waals surface area (Å²) in [5.41, 5.74) is 4.46. The first-order chi connectivity index (χ1) is 13.8. The molecule has 1 aliphatic carbocycles. The smallest absolute Gasteiger partial charge is 0.409 e. The molecule has 0 spiro atoms. The van der Waals surface area contributed by atoms with Gasteiger partial charge in [0.15, 0.2) is 0 Å². The van der Waals surface area contributed by atoms with Gasteiger partial charge in [-0.05, 0) is 43.0 Å². The predicted molar refractivity (Wildman–Crippen MR) is 112 cm³/mol. The molecule has 4 rings (SSSR count). The predicted octanol–water partition coefficient (Wildman–Crippen LogP) is 4.19. The number of piperidine rings is 1. The second-order valence-corrected chi connectivity index (χ2v) is 8.95. The summed E-state index contributed by atoms with van der Waals surface area (Å²) in [7, 11) is 0. The normalized spacial score (nSPS) is 21.6. The van der Waals surface area contributed by atoms with Gasteiger partial charge in [0.1, 0.15) is 6.61 Å². The molecule has 0 aromatic heterocycles. The third kappa shape index (κ3) is 4.31. The summed E-state index contributed by atoms with van der Waals surface area (Å²) in [5, 5.41) is 10.2. The Morgan fingerprint density at radius 2 is 1.62 bits per heavy atom. The number of β-amino-alcohol motifs (C(OH)–C–C–N with tert-alkyl or cyclic N) is 1. The number of aliphatic hydroxyl groups excluding tert-OH is 1. The zero-order valence-electron chi connectivity index (χ0n) is 17.3. The van der Waals surface area contributed by atoms with Crippen molar-refractivity contribution < 1.29 is 19.4 Å². The molecule has 1 N–H and O–H groups in total. The number of benzene rings is 2. The van der Waals surface area contributed by atoms with E-state index in [4.69, 9.17) is 9.47 Å². The van der Waals surface area contributed by atoms with Gasteiger partial charge in [-0.15, -0.1) is 0 Å². The van der Waals surface area contributed by atoms with Gasteiger partial charge in [-0.25, -0.2) is 4.79 Å². The monoisotopic (exact) mass is 395 g/mol. The summed E-state index contributed by atoms with van der Waals surface area (Å²) in [5.74, 6) is 0.0303. The van der Waals surface area contributed by atoms with Gasteiger partial charge in [0, 0.05) is 12.3 Å². The van der Waals surface area contributed by atoms with E-state index in [1.807, 2.05) is 45.0 Å². The van der Waals surface area contributed by atoms with E-state index in [1.165, 1.54) is 22.3 Å². The minimum Gasteiger partial charge on any atom is -0.448 e. The van der Waals surface area contributed by atoms with Crippen LogP contribution in [0.3, 0.4) is 0 Å². The highest BCUT2D eigenvalue weighted by Crippen LogP contribution is 2.44. The van der Waals surface area contributed by atoms with Gasteiger partial charge in [-0.1, -0.05) is 48.5 Å². The molecule has 0 bridgehead atoms. The zero-order valence-corrected chi connectivity index (χ0v) is 17.3. The maximum absolute atomic E-state index is 12.8. The van der Waals surface area contributed by atoms with E-state index in [2.05, 4.69) is 24.3 Å². The molecule has 0 saturated carbocycles. The Bertz CT molecular complexity index is 843. The SMILES string of the molecule is CC(C)(C)O[C@@H]1C[C@H](O)CN(C(=O)OCC2c3ccccc3-c3ccccc32)C1. The van der Waals surface area contributed by atoms with E-state index in [-0.39, 0.29) is 30.8 Å². The number of amides is 1. The van der Waals surface area contributed by atoms with Crippen molar-refractivity contribution in [1.29, 1.82) is 0 Å². The van der Waals surface area contributed by atoms with Crippen LogP contribution in [0.5, 0.6) is 0 Å². The average Bonchev–Trinajstić information content (AvgIpc) is 2.98. The Morgan fingerprint density at radius 3 is 2.21 bits per heavy atom. The van der Waals surface area contributed by atoms with Gasteiger partial charge in [0.05, 0.1) is 30.9 Å². The summed E-state index contributed by atoms with van der Waals surface area (Å²) in [4.78, 5) is 14.3. The van der Waals surface area contributed by atoms with Crippen LogP contribution in [-0.2, 0) is 9.47 Å². The Balaban J connectivity index is 1.44. The minimum absolute atomic E-state index is 0.0303. The van der Waals surface area contributed by atoms with Crippen molar-refractivity contribution in [2.75, 3.05) is 19.7 Å². The molecule has 0 radical (unpaired) electrons. The van der Waals surface area contributed by atoms with Gasteiger partial charge in [-0.3, -0.25) is 0 Å². The first kappa shape index (κ1) is 19.9. The highest BCUT2D eigenvalue weighted by Gasteiger charge is 2.34. The van der Waals surface area contributed by atoms with Crippen molar-refractivity contribution in [1.82, 2.24) is 4.90 Å². The molecule has 2 atom stereocenters. The fourth-order valence-electron chi connectivity index (χ4n) is 4.45. The molecule has 5 nitrogen and oxygen atoms in total. The van der Waals surface area contributed by atoms with Crippen LogP contribution in [0.15, 0.2) is 48.5 Å². The summed E-state index contributed by atoms with van der Waals surface area (Å²) in [6.45, 7) is 6.93. The van der Waals surface area contributed by atoms with Crippen LogP contribution in [0.4, 0.5) is 4.79 Å². The van der Waals surface area contributed by atoms with Crippen molar-refractivity contribution in [3.05, 3.63) is 59.7 Å². The number of hydrogen-bond donors (Lipinski definition) is 1. The summed E-state index contributed by atoms with van der Waals surface area (Å²) < 4.78 is 11.7. The number of ether oxygens (including phenoxy) is 2. The van der Waals surface area contributed by atoms with E-state index in [9.17, 15) is 9.90 Å². The second-order valence-electron chi connectivity index (χ2n) is 8.95. The number of nitrogens with zero attached hydrogens (tertiary/aromatic N) is 1. The molecule has 1 amide bonds. The van der Waals surface area contributed by atoms with Crippen LogP contribution >= 0.6 is 0 Å². The zero-order chi connectivity index (χ0) is 20.6. The van der Waals surface area contributed by atoms with Gasteiger partial charge in [-0.2, -0.15) is 0 Å². The highest BCUT2D eigenvalue weighted by molar-refractivity contribution is 5.79. The molecule has 1 heterocycles. The largest absolute Gasteiger partial charge is 0.448 e. The minimum atomic E-state index is -0.600. The summed E-state index contributed by atoms with van der Waals surface area (Å²) in [6.07, 6.45) is -0.659. The van der Waals surface area contributed by atoms with Crippen LogP contribution in [-0.4, -0.2) is 53.6 Å². The third-order valence-electron chi connectivity index (χ3n) is 5.50. The van der Waals surface area contributed by atoms with Gasteiger partial charge < -0.3 is 19.5 Å². The first-order valence-electron chi connectivity index (χ1n) is 10.3. The molecule has 1 saturated heterocycles. The van der Waals surface area contributed by atoms with Crippen molar-refractivity contribution in [2.24, 2.45) is 0 Å². The molecule has 2 aliphatic rings. The number of aliphatic hydroxyl groups is 1. The maximum Gasteiger partial charge on any atom is 0.409 e. The Morgan fingerprint density at radius 1 is 1.03 bits per heavy atom. The quantitative estimate of drug-likeness (QED) is 0.847. The van der Waals surface area contributed by atoms with E-state index in [0.717, 1.165) is 0 Å². The molecule has 29 heavy (non-hydrogen) atoms. The lowest BCUT2D eigenvalue weighted by molar-refractivity contribution is -0.106. The number of carbonyl (C=O) groups is 1. The fraction of sp³-hybridized carbons (Fsp3) is 0.458. The van der Waals surface area contributed by atoms with E-state index >= 15 is 0 Å². The van der Waals surface area contributed by atoms with E-state index in [0.29, 0.717) is 13.0 Å². The van der Waals surface area contributed by atoms with Crippen molar-refractivity contribution in [3.63, 3.8) is 0 Å². The van der Waals surface area contributed by atoms with E-state index < -0.39 is 12.2 Å². The Hall–Kier alpha value is -2.37. The van der Waals surface area contributed by atoms with E-state index in [1.54, 1.807) is 4.90 Å². The average molecular weight is 395 g/mol. The number of fused-ring (bicyclic) bond motifs is 3. The van der Waals surface area contributed by atoms with Crippen LogP contribution in [0.2, 0.25) is 0 Å². The lowest BCUT2D eigenvalue weighted by atomic mass is 9.98. The Labute approximate surface area is 172 Å². The molecule has 0 unspecified atom stereocenters. The first-order valence-corrected chi connectivity index (χ1v) is 10.3. The summed E-state index contributed by atoms with van der Waals surface area (Å²) >= 11 is 0. The van der Waals surface area contributed by atoms with Crippen LogP contribution in [0, 0.1) is 0 Å². The van der Waals surface area contributed by atoms with Crippen molar-refractivity contribution in [2.45, 2.75) is 50.9 Å². The lowest BCUT2D eigenvalue weighted by Gasteiger charge is -2.38. The molecule has 1 fully saturated rings. The van der Waals surface area contributed by atoms with Crippen molar-refractivity contribution in [3.8, 4) is 11.1 Å². The highest BCUT2D eigenvalue weighted by atomic mass is 16.6. The molecule has 5 heteroatoms. The van der Waals surface area contributed by atoms with Crippen molar-refractivity contribution >= 4 is 6.09 Å². The topological polar surface area (TPSA) is 59.0 Å². The molecule has 154 valence electrons.